The third-order valence-corrected chi connectivity index (χ3v) is 7.51. The lowest BCUT2D eigenvalue weighted by Gasteiger charge is -2.35. The van der Waals surface area contributed by atoms with E-state index >= 15 is 0 Å². The second-order valence-electron chi connectivity index (χ2n) is 7.49. The number of hydrogen-bond donors (Lipinski definition) is 1. The minimum atomic E-state index is -4.14. The number of anilines is 2. The Kier molecular flexibility index (Phi) is 6.40. The molecule has 3 aromatic carbocycles. The van der Waals surface area contributed by atoms with Gasteiger partial charge >= 0.3 is 6.03 Å². The lowest BCUT2D eigenvalue weighted by molar-refractivity contribution is -0.119. The van der Waals surface area contributed by atoms with Gasteiger partial charge in [-0.15, -0.1) is 0 Å². The first-order valence-corrected chi connectivity index (χ1v) is 12.2. The summed E-state index contributed by atoms with van der Waals surface area (Å²) in [5.41, 5.74) is 2.12. The topological polar surface area (TPSA) is 86.8 Å². The van der Waals surface area contributed by atoms with Crippen molar-refractivity contribution < 1.29 is 18.0 Å². The van der Waals surface area contributed by atoms with E-state index in [1.807, 2.05) is 13.0 Å². The molecule has 0 atom stereocenters. The van der Waals surface area contributed by atoms with Gasteiger partial charge in [-0.25, -0.2) is 13.2 Å². The van der Waals surface area contributed by atoms with Crippen LogP contribution in [0.2, 0.25) is 5.02 Å². The van der Waals surface area contributed by atoms with Gasteiger partial charge in [-0.05, 0) is 47.9 Å². The van der Waals surface area contributed by atoms with Gasteiger partial charge < -0.3 is 5.32 Å². The predicted octanol–water partition coefficient (Wildman–Crippen LogP) is 4.35. The molecule has 0 aromatic heterocycles. The largest absolute Gasteiger partial charge is 0.350 e. The number of nitrogens with zero attached hydrogens (tertiary/aromatic N) is 2. The Morgan fingerprint density at radius 2 is 1.64 bits per heavy atom. The fraction of sp³-hybridized carbons (Fsp3) is 0.167. The molecule has 0 fully saturated rings. The summed E-state index contributed by atoms with van der Waals surface area (Å²) in [7, 11) is -4.14. The number of hydrogen-bond acceptors (Lipinski definition) is 4. The van der Waals surface area contributed by atoms with Crippen molar-refractivity contribution in [3.05, 3.63) is 88.9 Å². The highest BCUT2D eigenvalue weighted by atomic mass is 35.5. The van der Waals surface area contributed by atoms with Crippen LogP contribution in [0.4, 0.5) is 16.2 Å². The number of halogens is 1. The van der Waals surface area contributed by atoms with E-state index < -0.39 is 22.0 Å². The van der Waals surface area contributed by atoms with Gasteiger partial charge in [-0.2, -0.15) is 4.31 Å². The van der Waals surface area contributed by atoms with E-state index in [-0.39, 0.29) is 29.4 Å². The fourth-order valence-corrected chi connectivity index (χ4v) is 5.41. The molecule has 4 rings (SSSR count). The van der Waals surface area contributed by atoms with Crippen molar-refractivity contribution in [2.45, 2.75) is 24.8 Å². The van der Waals surface area contributed by atoms with E-state index in [0.717, 1.165) is 21.9 Å². The van der Waals surface area contributed by atoms with Crippen LogP contribution < -0.4 is 14.5 Å². The van der Waals surface area contributed by atoms with E-state index in [1.165, 1.54) is 17.0 Å². The molecule has 0 radical (unpaired) electrons. The van der Waals surface area contributed by atoms with Crippen molar-refractivity contribution in [1.29, 1.82) is 0 Å². The number of urea groups is 1. The molecule has 33 heavy (non-hydrogen) atoms. The summed E-state index contributed by atoms with van der Waals surface area (Å²) >= 11 is 6.14. The highest BCUT2D eigenvalue weighted by Crippen LogP contribution is 2.37. The van der Waals surface area contributed by atoms with Crippen molar-refractivity contribution in [2.24, 2.45) is 0 Å². The maximum atomic E-state index is 13.4. The average molecular weight is 484 g/mol. The van der Waals surface area contributed by atoms with Crippen LogP contribution >= 0.6 is 11.6 Å². The quantitative estimate of drug-likeness (QED) is 0.564. The summed E-state index contributed by atoms with van der Waals surface area (Å²) in [6.45, 7) is 1.82. The van der Waals surface area contributed by atoms with Gasteiger partial charge in [-0.1, -0.05) is 61.0 Å². The molecule has 9 heteroatoms. The second kappa shape index (κ2) is 9.25. The van der Waals surface area contributed by atoms with Crippen LogP contribution in [0.15, 0.2) is 77.7 Å². The molecule has 170 valence electrons. The monoisotopic (exact) mass is 483 g/mol. The van der Waals surface area contributed by atoms with Crippen LogP contribution in [-0.2, 0) is 27.8 Å². The molecule has 0 bridgehead atoms. The van der Waals surface area contributed by atoms with Gasteiger partial charge in [0.1, 0.15) is 11.4 Å². The molecule has 0 aliphatic carbocycles. The molecule has 7 nitrogen and oxygen atoms in total. The van der Waals surface area contributed by atoms with E-state index in [0.29, 0.717) is 5.02 Å². The number of benzene rings is 3. The number of amides is 3. The highest BCUT2D eigenvalue weighted by molar-refractivity contribution is 7.94. The molecular formula is C24H22ClN3O4S. The van der Waals surface area contributed by atoms with Gasteiger partial charge in [0.2, 0.25) is 5.91 Å². The lowest BCUT2D eigenvalue weighted by Crippen LogP contribution is -2.53. The summed E-state index contributed by atoms with van der Waals surface area (Å²) in [6.07, 6.45) is 0.779. The molecule has 0 unspecified atom stereocenters. The zero-order valence-electron chi connectivity index (χ0n) is 17.9. The highest BCUT2D eigenvalue weighted by Gasteiger charge is 2.42. The zero-order chi connectivity index (χ0) is 23.6. The molecule has 1 heterocycles. The first-order valence-electron chi connectivity index (χ1n) is 10.4. The standard InChI is InChI=1S/C24H22ClN3O4S/c1-2-17-11-13-19(14-12-17)28-24(30)27(21-9-5-6-10-22(21)33(28,31)32)16-23(29)26-15-18-7-3-4-8-20(18)25/h3-14H,2,15-16H2,1H3,(H,26,29). The summed E-state index contributed by atoms with van der Waals surface area (Å²) in [4.78, 5) is 27.3. The number of carbonyl (C=O) groups is 2. The Balaban J connectivity index is 1.64. The maximum Gasteiger partial charge on any atom is 0.343 e. The summed E-state index contributed by atoms with van der Waals surface area (Å²) in [6, 6.07) is 19.2. The van der Waals surface area contributed by atoms with Gasteiger partial charge in [0.05, 0.1) is 11.4 Å². The Morgan fingerprint density at radius 3 is 2.33 bits per heavy atom. The fourth-order valence-electron chi connectivity index (χ4n) is 3.62. The van der Waals surface area contributed by atoms with Crippen molar-refractivity contribution >= 4 is 44.9 Å². The van der Waals surface area contributed by atoms with E-state index in [4.69, 9.17) is 11.6 Å². The van der Waals surface area contributed by atoms with Gasteiger partial charge in [0.15, 0.2) is 0 Å². The molecule has 1 N–H and O–H groups in total. The molecule has 3 amide bonds. The van der Waals surface area contributed by atoms with Crippen molar-refractivity contribution in [1.82, 2.24) is 5.32 Å². The van der Waals surface area contributed by atoms with Crippen molar-refractivity contribution in [3.63, 3.8) is 0 Å². The Hall–Kier alpha value is -3.36. The number of rotatable bonds is 6. The van der Waals surface area contributed by atoms with Crippen LogP contribution in [0.5, 0.6) is 0 Å². The average Bonchev–Trinajstić information content (AvgIpc) is 2.81. The van der Waals surface area contributed by atoms with Crippen LogP contribution in [0.3, 0.4) is 0 Å². The van der Waals surface area contributed by atoms with Crippen LogP contribution in [-0.4, -0.2) is 26.9 Å². The Bertz CT molecular complexity index is 1310. The van der Waals surface area contributed by atoms with Crippen LogP contribution in [0.1, 0.15) is 18.1 Å². The van der Waals surface area contributed by atoms with E-state index in [1.54, 1.807) is 54.6 Å². The Morgan fingerprint density at radius 1 is 0.970 bits per heavy atom. The maximum absolute atomic E-state index is 13.4. The van der Waals surface area contributed by atoms with Crippen LogP contribution in [0, 0.1) is 0 Å². The number of fused-ring (bicyclic) bond motifs is 1. The van der Waals surface area contributed by atoms with E-state index in [9.17, 15) is 18.0 Å². The molecule has 0 spiro atoms. The first kappa shape index (κ1) is 22.8. The second-order valence-corrected chi connectivity index (χ2v) is 9.66. The lowest BCUT2D eigenvalue weighted by atomic mass is 10.1. The summed E-state index contributed by atoms with van der Waals surface area (Å²) < 4.78 is 27.4. The van der Waals surface area contributed by atoms with Gasteiger partial charge in [0, 0.05) is 11.6 Å². The summed E-state index contributed by atoms with van der Waals surface area (Å²) in [5, 5.41) is 3.26. The third kappa shape index (κ3) is 4.44. The predicted molar refractivity (Wildman–Crippen MR) is 128 cm³/mol. The number of carbonyl (C=O) groups excluding carboxylic acids is 2. The summed E-state index contributed by atoms with van der Waals surface area (Å²) in [5.74, 6) is -0.446. The minimum Gasteiger partial charge on any atom is -0.350 e. The molecule has 3 aromatic rings. The van der Waals surface area contributed by atoms with Crippen molar-refractivity contribution in [3.8, 4) is 0 Å². The van der Waals surface area contributed by atoms with E-state index in [2.05, 4.69) is 5.32 Å². The molecule has 0 saturated carbocycles. The minimum absolute atomic E-state index is 0.0388. The van der Waals surface area contributed by atoms with Gasteiger partial charge in [-0.3, -0.25) is 9.69 Å². The number of sulfonamides is 1. The molecule has 1 aliphatic rings. The zero-order valence-corrected chi connectivity index (χ0v) is 19.4. The Labute approximate surface area is 197 Å². The smallest absolute Gasteiger partial charge is 0.343 e. The number of nitrogens with one attached hydrogen (secondary N) is 1. The third-order valence-electron chi connectivity index (χ3n) is 5.39. The first-order chi connectivity index (χ1) is 15.8. The normalized spacial score (nSPS) is 14.7. The number of para-hydroxylation sites is 1. The molecule has 0 saturated heterocycles. The van der Waals surface area contributed by atoms with Crippen LogP contribution in [0.25, 0.3) is 0 Å². The van der Waals surface area contributed by atoms with Crippen molar-refractivity contribution in [2.75, 3.05) is 15.7 Å². The molecular weight excluding hydrogens is 462 g/mol. The molecule has 1 aliphatic heterocycles. The van der Waals surface area contributed by atoms with Gasteiger partial charge in [0.25, 0.3) is 10.0 Å². The number of aryl methyl sites for hydroxylation is 1. The SMILES string of the molecule is CCc1ccc(N2C(=O)N(CC(=O)NCc3ccccc3Cl)c3ccccc3S2(=O)=O)cc1.